The molecule has 0 saturated carbocycles. The van der Waals surface area contributed by atoms with E-state index in [9.17, 15) is 4.79 Å². The number of rotatable bonds is 3. The lowest BCUT2D eigenvalue weighted by Crippen LogP contribution is -2.07. The largest absolute Gasteiger partial charge is 0.463 e. The maximum atomic E-state index is 11.5. The standard InChI is InChI=1S/C12H18O2/c1-4-6-10-7-8-11(9(10)3)12(13)14-5-2/h4,6,10H,5,7-8H2,1-3H3/b6-4+. The number of hydrogen-bond donors (Lipinski definition) is 0. The molecule has 78 valence electrons. The average molecular weight is 194 g/mol. The fraction of sp³-hybridized carbons (Fsp3) is 0.583. The molecule has 0 aliphatic heterocycles. The maximum absolute atomic E-state index is 11.5. The Balaban J connectivity index is 2.74. The van der Waals surface area contributed by atoms with Gasteiger partial charge in [0, 0.05) is 5.57 Å². The molecule has 0 heterocycles. The third-order valence-corrected chi connectivity index (χ3v) is 2.68. The number of carbonyl (C=O) groups is 1. The van der Waals surface area contributed by atoms with Crippen molar-refractivity contribution in [2.45, 2.75) is 33.6 Å². The van der Waals surface area contributed by atoms with Crippen molar-refractivity contribution in [1.29, 1.82) is 0 Å². The van der Waals surface area contributed by atoms with Crippen LogP contribution in [-0.2, 0) is 9.53 Å². The van der Waals surface area contributed by atoms with E-state index in [4.69, 9.17) is 4.74 Å². The van der Waals surface area contributed by atoms with Crippen molar-refractivity contribution >= 4 is 5.97 Å². The minimum Gasteiger partial charge on any atom is -0.463 e. The third-order valence-electron chi connectivity index (χ3n) is 2.68. The quantitative estimate of drug-likeness (QED) is 0.510. The summed E-state index contributed by atoms with van der Waals surface area (Å²) in [6.45, 7) is 6.34. The van der Waals surface area contributed by atoms with E-state index in [-0.39, 0.29) is 5.97 Å². The van der Waals surface area contributed by atoms with Gasteiger partial charge in [-0.15, -0.1) is 0 Å². The molecule has 0 radical (unpaired) electrons. The molecule has 0 aromatic carbocycles. The van der Waals surface area contributed by atoms with Crippen LogP contribution in [0.5, 0.6) is 0 Å². The number of carbonyl (C=O) groups excluding carboxylic acids is 1. The predicted octanol–water partition coefficient (Wildman–Crippen LogP) is 2.85. The molecule has 2 heteroatoms. The normalized spacial score (nSPS) is 22.1. The van der Waals surface area contributed by atoms with Crippen LogP contribution in [0.25, 0.3) is 0 Å². The second-order valence-electron chi connectivity index (χ2n) is 3.55. The zero-order valence-corrected chi connectivity index (χ0v) is 9.17. The summed E-state index contributed by atoms with van der Waals surface area (Å²) in [5, 5.41) is 0. The van der Waals surface area contributed by atoms with Gasteiger partial charge in [0.1, 0.15) is 0 Å². The fourth-order valence-electron chi connectivity index (χ4n) is 1.89. The molecule has 0 fully saturated rings. The zero-order valence-electron chi connectivity index (χ0n) is 9.17. The first-order valence-electron chi connectivity index (χ1n) is 5.20. The van der Waals surface area contributed by atoms with Crippen LogP contribution in [0.15, 0.2) is 23.3 Å². The van der Waals surface area contributed by atoms with Gasteiger partial charge in [0.25, 0.3) is 0 Å². The number of allylic oxidation sites excluding steroid dienone is 3. The van der Waals surface area contributed by atoms with Crippen LogP contribution in [0.1, 0.15) is 33.6 Å². The van der Waals surface area contributed by atoms with E-state index >= 15 is 0 Å². The van der Waals surface area contributed by atoms with Crippen molar-refractivity contribution in [3.63, 3.8) is 0 Å². The highest BCUT2D eigenvalue weighted by Crippen LogP contribution is 2.33. The minimum absolute atomic E-state index is 0.128. The zero-order chi connectivity index (χ0) is 10.6. The minimum atomic E-state index is -0.128. The van der Waals surface area contributed by atoms with Gasteiger partial charge in [-0.1, -0.05) is 17.7 Å². The summed E-state index contributed by atoms with van der Waals surface area (Å²) in [4.78, 5) is 11.5. The highest BCUT2D eigenvalue weighted by Gasteiger charge is 2.25. The molecular weight excluding hydrogens is 176 g/mol. The predicted molar refractivity (Wildman–Crippen MR) is 56.9 cm³/mol. The second kappa shape index (κ2) is 4.99. The first-order chi connectivity index (χ1) is 6.70. The summed E-state index contributed by atoms with van der Waals surface area (Å²) in [6.07, 6.45) is 6.10. The van der Waals surface area contributed by atoms with Crippen LogP contribution >= 0.6 is 0 Å². The Kier molecular flexibility index (Phi) is 3.93. The molecule has 2 nitrogen and oxygen atoms in total. The summed E-state index contributed by atoms with van der Waals surface area (Å²) >= 11 is 0. The van der Waals surface area contributed by atoms with Crippen molar-refractivity contribution in [1.82, 2.24) is 0 Å². The number of hydrogen-bond acceptors (Lipinski definition) is 2. The van der Waals surface area contributed by atoms with Crippen molar-refractivity contribution in [3.05, 3.63) is 23.3 Å². The third kappa shape index (κ3) is 2.25. The lowest BCUT2D eigenvalue weighted by atomic mass is 10.0. The van der Waals surface area contributed by atoms with Crippen LogP contribution < -0.4 is 0 Å². The van der Waals surface area contributed by atoms with Crippen LogP contribution in [0.3, 0.4) is 0 Å². The molecule has 0 saturated heterocycles. The molecule has 14 heavy (non-hydrogen) atoms. The van der Waals surface area contributed by atoms with Crippen molar-refractivity contribution in [2.24, 2.45) is 5.92 Å². The molecule has 1 unspecified atom stereocenters. The van der Waals surface area contributed by atoms with Gasteiger partial charge in [-0.2, -0.15) is 0 Å². The Bertz CT molecular complexity index is 274. The van der Waals surface area contributed by atoms with Gasteiger partial charge in [-0.3, -0.25) is 0 Å². The Morgan fingerprint density at radius 2 is 2.36 bits per heavy atom. The van der Waals surface area contributed by atoms with E-state index in [0.717, 1.165) is 18.4 Å². The van der Waals surface area contributed by atoms with Crippen LogP contribution in [0.4, 0.5) is 0 Å². The van der Waals surface area contributed by atoms with Gasteiger partial charge < -0.3 is 4.74 Å². The molecule has 0 spiro atoms. The first-order valence-corrected chi connectivity index (χ1v) is 5.20. The van der Waals surface area contributed by atoms with Crippen molar-refractivity contribution in [3.8, 4) is 0 Å². The maximum Gasteiger partial charge on any atom is 0.333 e. The van der Waals surface area contributed by atoms with E-state index in [1.165, 1.54) is 5.57 Å². The molecular formula is C12H18O2. The summed E-state index contributed by atoms with van der Waals surface area (Å²) in [6, 6.07) is 0. The van der Waals surface area contributed by atoms with E-state index in [1.54, 1.807) is 0 Å². The summed E-state index contributed by atoms with van der Waals surface area (Å²) in [5.74, 6) is 0.316. The van der Waals surface area contributed by atoms with Gasteiger partial charge in [-0.25, -0.2) is 4.79 Å². The fourth-order valence-corrected chi connectivity index (χ4v) is 1.89. The molecule has 1 aliphatic rings. The summed E-state index contributed by atoms with van der Waals surface area (Å²) in [7, 11) is 0. The van der Waals surface area contributed by atoms with Gasteiger partial charge in [0.2, 0.25) is 0 Å². The van der Waals surface area contributed by atoms with E-state index < -0.39 is 0 Å². The molecule has 0 aromatic heterocycles. The molecule has 0 N–H and O–H groups in total. The lowest BCUT2D eigenvalue weighted by Gasteiger charge is -2.05. The lowest BCUT2D eigenvalue weighted by molar-refractivity contribution is -0.138. The van der Waals surface area contributed by atoms with Crippen LogP contribution in [0, 0.1) is 5.92 Å². The van der Waals surface area contributed by atoms with E-state index in [2.05, 4.69) is 6.08 Å². The second-order valence-corrected chi connectivity index (χ2v) is 3.55. The Labute approximate surface area is 85.6 Å². The Morgan fingerprint density at radius 1 is 1.64 bits per heavy atom. The molecule has 1 rings (SSSR count). The highest BCUT2D eigenvalue weighted by molar-refractivity contribution is 5.90. The van der Waals surface area contributed by atoms with Gasteiger partial charge in [-0.05, 0) is 39.5 Å². The number of esters is 1. The van der Waals surface area contributed by atoms with E-state index in [0.29, 0.717) is 12.5 Å². The van der Waals surface area contributed by atoms with Crippen LogP contribution in [0.2, 0.25) is 0 Å². The van der Waals surface area contributed by atoms with Gasteiger partial charge >= 0.3 is 5.97 Å². The summed E-state index contributed by atoms with van der Waals surface area (Å²) in [5.41, 5.74) is 2.07. The Hall–Kier alpha value is -1.05. The monoisotopic (exact) mass is 194 g/mol. The molecule has 1 aliphatic carbocycles. The summed E-state index contributed by atoms with van der Waals surface area (Å²) < 4.78 is 5.00. The molecule has 1 atom stereocenters. The SMILES string of the molecule is C/C=C/C1CCC(C(=O)OCC)=C1C. The average Bonchev–Trinajstić information content (AvgIpc) is 2.49. The van der Waals surface area contributed by atoms with Crippen molar-refractivity contribution < 1.29 is 9.53 Å². The van der Waals surface area contributed by atoms with Gasteiger partial charge in [0.15, 0.2) is 0 Å². The molecule has 0 aromatic rings. The number of ether oxygens (including phenoxy) is 1. The van der Waals surface area contributed by atoms with Gasteiger partial charge in [0.05, 0.1) is 6.61 Å². The van der Waals surface area contributed by atoms with Crippen molar-refractivity contribution in [2.75, 3.05) is 6.61 Å². The van der Waals surface area contributed by atoms with Crippen LogP contribution in [-0.4, -0.2) is 12.6 Å². The topological polar surface area (TPSA) is 26.3 Å². The highest BCUT2D eigenvalue weighted by atomic mass is 16.5. The molecule has 0 bridgehead atoms. The molecule has 0 amide bonds. The Morgan fingerprint density at radius 3 is 2.93 bits per heavy atom. The van der Waals surface area contributed by atoms with E-state index in [1.807, 2.05) is 26.8 Å². The smallest absolute Gasteiger partial charge is 0.333 e. The first kappa shape index (κ1) is 11.0.